The minimum Gasteiger partial charge on any atom is -1.00 e. The van der Waals surface area contributed by atoms with Crippen LogP contribution < -0.4 is 17.0 Å². The van der Waals surface area contributed by atoms with Gasteiger partial charge < -0.3 is 21.5 Å². The lowest BCUT2D eigenvalue weighted by Gasteiger charge is -2.23. The molecule has 0 aliphatic heterocycles. The van der Waals surface area contributed by atoms with E-state index >= 15 is 0 Å². The third-order valence-electron chi connectivity index (χ3n) is 11.9. The Bertz CT molecular complexity index is 598. The quantitative estimate of drug-likeness (QED) is 0.0425. The van der Waals surface area contributed by atoms with E-state index in [4.69, 9.17) is 0 Å². The number of halogens is 1. The van der Waals surface area contributed by atoms with Crippen LogP contribution in [0.2, 0.25) is 0 Å². The summed E-state index contributed by atoms with van der Waals surface area (Å²) in [6.45, 7) is 3.65. The molecular formula is C50H104BrN. The Balaban J connectivity index is 0. The van der Waals surface area contributed by atoms with E-state index in [0.29, 0.717) is 0 Å². The van der Waals surface area contributed by atoms with E-state index in [-0.39, 0.29) is 17.0 Å². The Morgan fingerprint density at radius 3 is 0.423 bits per heavy atom. The molecule has 0 saturated carbocycles. The summed E-state index contributed by atoms with van der Waals surface area (Å²) in [6.07, 6.45) is 66.8. The monoisotopic (exact) mass is 798 g/mol. The first-order valence-corrected chi connectivity index (χ1v) is 24.9. The fourth-order valence-corrected chi connectivity index (χ4v) is 8.26. The van der Waals surface area contributed by atoms with Crippen molar-refractivity contribution in [2.75, 3.05) is 27.7 Å². The van der Waals surface area contributed by atoms with Crippen molar-refractivity contribution in [2.45, 2.75) is 296 Å². The highest BCUT2D eigenvalue weighted by Gasteiger charge is 2.05. The third-order valence-corrected chi connectivity index (χ3v) is 11.9. The summed E-state index contributed by atoms with van der Waals surface area (Å²) in [5.74, 6) is 0. The number of hydrogen-bond donors (Lipinski definition) is 0. The first-order chi connectivity index (χ1) is 25.1. The van der Waals surface area contributed by atoms with Gasteiger partial charge in [-0.05, 0) is 12.8 Å². The molecule has 0 spiro atoms. The standard InChI is InChI=1S/C50H104N.BrH/c1-5-6-7-8-9-10-11-12-13-14-15-16-17-18-19-20-21-22-23-24-25-26-27-28-29-30-31-32-33-34-35-36-37-38-39-40-41-42-43-44-45-46-47-48-49-50-51(2,3)4;/h5-50H2,1-4H3;1H/q+1;/p-1. The summed E-state index contributed by atoms with van der Waals surface area (Å²) in [7, 11) is 6.94. The maximum absolute atomic E-state index is 2.31. The van der Waals surface area contributed by atoms with Gasteiger partial charge in [-0.15, -0.1) is 0 Å². The molecule has 0 aliphatic carbocycles. The lowest BCUT2D eigenvalue weighted by molar-refractivity contribution is -0.870. The smallest absolute Gasteiger partial charge is 0.0780 e. The topological polar surface area (TPSA) is 0 Å². The van der Waals surface area contributed by atoms with Gasteiger partial charge in [0, 0.05) is 0 Å². The molecule has 0 radical (unpaired) electrons. The van der Waals surface area contributed by atoms with Crippen molar-refractivity contribution in [3.05, 3.63) is 0 Å². The lowest BCUT2D eigenvalue weighted by atomic mass is 10.0. The van der Waals surface area contributed by atoms with Crippen LogP contribution in [0, 0.1) is 0 Å². The van der Waals surface area contributed by atoms with Gasteiger partial charge in [0.15, 0.2) is 0 Å². The molecule has 0 heterocycles. The number of hydrogen-bond acceptors (Lipinski definition) is 0. The molecule has 1 nitrogen and oxygen atoms in total. The second-order valence-electron chi connectivity index (χ2n) is 18.6. The normalized spacial score (nSPS) is 11.8. The highest BCUT2D eigenvalue weighted by Crippen LogP contribution is 2.18. The zero-order chi connectivity index (χ0) is 37.0. The molecule has 0 saturated heterocycles. The molecule has 0 amide bonds. The van der Waals surface area contributed by atoms with Crippen molar-refractivity contribution < 1.29 is 21.5 Å². The molecule has 52 heavy (non-hydrogen) atoms. The zero-order valence-electron chi connectivity index (χ0n) is 37.4. The maximum Gasteiger partial charge on any atom is 0.0780 e. The minimum atomic E-state index is 0. The molecular weight excluding hydrogens is 694 g/mol. The van der Waals surface area contributed by atoms with E-state index in [9.17, 15) is 0 Å². The first kappa shape index (κ1) is 54.5. The summed E-state index contributed by atoms with van der Waals surface area (Å²) in [5, 5.41) is 0. The molecule has 0 N–H and O–H groups in total. The van der Waals surface area contributed by atoms with Gasteiger partial charge in [-0.2, -0.15) is 0 Å². The van der Waals surface area contributed by atoms with E-state index in [1.807, 2.05) is 0 Å². The molecule has 2 heteroatoms. The van der Waals surface area contributed by atoms with Crippen LogP contribution in [0.1, 0.15) is 296 Å². The molecule has 0 aromatic carbocycles. The van der Waals surface area contributed by atoms with Crippen molar-refractivity contribution in [2.24, 2.45) is 0 Å². The summed E-state index contributed by atoms with van der Waals surface area (Å²) >= 11 is 0. The van der Waals surface area contributed by atoms with Gasteiger partial charge >= 0.3 is 0 Å². The molecule has 0 unspecified atom stereocenters. The molecule has 0 aromatic rings. The number of quaternary nitrogens is 1. The third kappa shape index (κ3) is 52.5. The predicted octanol–water partition coefficient (Wildman–Crippen LogP) is 15.3. The van der Waals surface area contributed by atoms with E-state index in [1.54, 1.807) is 0 Å². The second kappa shape index (κ2) is 47.6. The number of nitrogens with zero attached hydrogens (tertiary/aromatic N) is 1. The first-order valence-electron chi connectivity index (χ1n) is 24.9. The van der Waals surface area contributed by atoms with Crippen LogP contribution in [0.3, 0.4) is 0 Å². The lowest BCUT2D eigenvalue weighted by Crippen LogP contribution is -3.00. The molecule has 0 aromatic heterocycles. The molecule has 316 valence electrons. The predicted molar refractivity (Wildman–Crippen MR) is 236 cm³/mol. The SMILES string of the molecule is CCCCCCCCCCCCCCCCCCCCCCCCCCCCCCCCCCCCCCCCCCCCCCC[N+](C)(C)C.[Br-]. The molecule has 0 rings (SSSR count). The molecule has 0 bridgehead atoms. The van der Waals surface area contributed by atoms with E-state index in [0.717, 1.165) is 4.48 Å². The zero-order valence-corrected chi connectivity index (χ0v) is 38.9. The Morgan fingerprint density at radius 1 is 0.192 bits per heavy atom. The summed E-state index contributed by atoms with van der Waals surface area (Å²) in [5.41, 5.74) is 0. The molecule has 0 atom stereocenters. The highest BCUT2D eigenvalue weighted by atomic mass is 79.9. The van der Waals surface area contributed by atoms with Crippen LogP contribution >= 0.6 is 0 Å². The Hall–Kier alpha value is 0.440. The van der Waals surface area contributed by atoms with Crippen molar-refractivity contribution in [3.8, 4) is 0 Å². The maximum atomic E-state index is 2.31. The fourth-order valence-electron chi connectivity index (χ4n) is 8.26. The van der Waals surface area contributed by atoms with Crippen LogP contribution in [0.5, 0.6) is 0 Å². The van der Waals surface area contributed by atoms with Gasteiger partial charge in [-0.25, -0.2) is 0 Å². The van der Waals surface area contributed by atoms with Crippen LogP contribution in [-0.4, -0.2) is 32.2 Å². The Labute approximate surface area is 343 Å². The average Bonchev–Trinajstić information content (AvgIpc) is 3.11. The summed E-state index contributed by atoms with van der Waals surface area (Å²) in [4.78, 5) is 0. The van der Waals surface area contributed by atoms with Crippen LogP contribution in [0.15, 0.2) is 0 Å². The van der Waals surface area contributed by atoms with Gasteiger partial charge in [0.1, 0.15) is 0 Å². The molecule has 0 fully saturated rings. The van der Waals surface area contributed by atoms with Gasteiger partial charge in [-0.3, -0.25) is 0 Å². The second-order valence-corrected chi connectivity index (χ2v) is 18.6. The van der Waals surface area contributed by atoms with Crippen molar-refractivity contribution in [1.82, 2.24) is 0 Å². The number of rotatable bonds is 46. The van der Waals surface area contributed by atoms with Crippen LogP contribution in [0.25, 0.3) is 0 Å². The van der Waals surface area contributed by atoms with Crippen LogP contribution in [0.4, 0.5) is 0 Å². The minimum absolute atomic E-state index is 0. The van der Waals surface area contributed by atoms with Gasteiger partial charge in [-0.1, -0.05) is 283 Å². The summed E-state index contributed by atoms with van der Waals surface area (Å²) < 4.78 is 1.12. The van der Waals surface area contributed by atoms with E-state index in [2.05, 4.69) is 28.1 Å². The van der Waals surface area contributed by atoms with E-state index in [1.165, 1.54) is 295 Å². The summed E-state index contributed by atoms with van der Waals surface area (Å²) in [6, 6.07) is 0. The largest absolute Gasteiger partial charge is 1.00 e. The fraction of sp³-hybridized carbons (Fsp3) is 1.00. The van der Waals surface area contributed by atoms with Crippen molar-refractivity contribution in [1.29, 1.82) is 0 Å². The van der Waals surface area contributed by atoms with Crippen molar-refractivity contribution in [3.63, 3.8) is 0 Å². The Kier molecular flexibility index (Phi) is 49.9. The average molecular weight is 799 g/mol. The highest BCUT2D eigenvalue weighted by molar-refractivity contribution is 4.54. The van der Waals surface area contributed by atoms with Crippen LogP contribution in [-0.2, 0) is 0 Å². The molecule has 0 aliphatic rings. The Morgan fingerprint density at radius 2 is 0.308 bits per heavy atom. The van der Waals surface area contributed by atoms with Gasteiger partial charge in [0.05, 0.1) is 27.7 Å². The van der Waals surface area contributed by atoms with Gasteiger partial charge in [0.2, 0.25) is 0 Å². The number of unbranched alkanes of at least 4 members (excludes halogenated alkanes) is 44. The van der Waals surface area contributed by atoms with E-state index < -0.39 is 0 Å². The van der Waals surface area contributed by atoms with Crippen molar-refractivity contribution >= 4 is 0 Å². The van der Waals surface area contributed by atoms with Gasteiger partial charge in [0.25, 0.3) is 0 Å².